The van der Waals surface area contributed by atoms with Gasteiger partial charge in [-0.1, -0.05) is 83.5 Å². The summed E-state index contributed by atoms with van der Waals surface area (Å²) in [4.78, 5) is 2.53. The van der Waals surface area contributed by atoms with Gasteiger partial charge < -0.3 is 0 Å². The van der Waals surface area contributed by atoms with Crippen molar-refractivity contribution in [2.75, 3.05) is 6.54 Å². The van der Waals surface area contributed by atoms with Crippen LogP contribution in [0.5, 0.6) is 0 Å². The molecule has 4 rings (SSSR count). The van der Waals surface area contributed by atoms with Gasteiger partial charge in [-0.15, -0.1) is 0 Å². The van der Waals surface area contributed by atoms with Gasteiger partial charge in [0, 0.05) is 32.0 Å². The largest absolute Gasteiger partial charge is 0.358 e. The summed E-state index contributed by atoms with van der Waals surface area (Å²) >= 11 is 0. The molecule has 3 aromatic carbocycles. The minimum Gasteiger partial charge on any atom is -0.291 e. The number of benzene rings is 3. The molecule has 0 saturated carbocycles. The molecule has 1 fully saturated rings. The molecule has 0 aliphatic carbocycles. The average Bonchev–Trinajstić information content (AvgIpc) is 2.80. The van der Waals surface area contributed by atoms with Crippen molar-refractivity contribution in [2.45, 2.75) is 37.2 Å². The van der Waals surface area contributed by atoms with Gasteiger partial charge in [0.15, 0.2) is 0 Å². The molecule has 0 N–H and O–H groups in total. The summed E-state index contributed by atoms with van der Waals surface area (Å²) in [5, 5.41) is 4.07. The third-order valence-corrected chi connectivity index (χ3v) is 6.66. The molecular formula is C25H26N2O3S. The van der Waals surface area contributed by atoms with Crippen molar-refractivity contribution < 1.29 is 12.7 Å². The Balaban J connectivity index is 1.52. The van der Waals surface area contributed by atoms with Crippen molar-refractivity contribution in [3.63, 3.8) is 0 Å². The van der Waals surface area contributed by atoms with Gasteiger partial charge in [-0.3, -0.25) is 9.18 Å². The predicted molar refractivity (Wildman–Crippen MR) is 122 cm³/mol. The Labute approximate surface area is 184 Å². The third-order valence-electron chi connectivity index (χ3n) is 5.54. The molecule has 0 amide bonds. The van der Waals surface area contributed by atoms with Crippen LogP contribution in [0.3, 0.4) is 0 Å². The van der Waals surface area contributed by atoms with Crippen LogP contribution in [0.1, 0.15) is 35.6 Å². The molecule has 0 aromatic heterocycles. The van der Waals surface area contributed by atoms with Crippen LogP contribution in [0.25, 0.3) is 0 Å². The number of nitrogens with zero attached hydrogens (tertiary/aromatic N) is 2. The summed E-state index contributed by atoms with van der Waals surface area (Å²) in [7, 11) is -3.92. The van der Waals surface area contributed by atoms with E-state index in [1.54, 1.807) is 24.3 Å². The van der Waals surface area contributed by atoms with Crippen LogP contribution in [0, 0.1) is 6.92 Å². The second-order valence-corrected chi connectivity index (χ2v) is 9.36. The molecule has 1 unspecified atom stereocenters. The lowest BCUT2D eigenvalue weighted by atomic mass is 9.93. The number of oxime groups is 1. The second kappa shape index (κ2) is 9.45. The molecule has 6 heteroatoms. The lowest BCUT2D eigenvalue weighted by Crippen LogP contribution is -2.36. The maximum atomic E-state index is 12.5. The summed E-state index contributed by atoms with van der Waals surface area (Å²) in [5.41, 5.74) is 4.19. The first kappa shape index (κ1) is 21.3. The second-order valence-electron chi connectivity index (χ2n) is 7.84. The molecule has 1 saturated heterocycles. The molecule has 1 aliphatic heterocycles. The van der Waals surface area contributed by atoms with Gasteiger partial charge in [0.1, 0.15) is 4.90 Å². The van der Waals surface area contributed by atoms with Gasteiger partial charge in [0.2, 0.25) is 0 Å². The van der Waals surface area contributed by atoms with Crippen molar-refractivity contribution in [1.82, 2.24) is 4.90 Å². The molecule has 1 atom stereocenters. The summed E-state index contributed by atoms with van der Waals surface area (Å²) in [6, 6.07) is 27.3. The SMILES string of the molecule is Cc1ccc(S(=O)(=O)O/N=C2/CCN(Cc3ccccc3)C(c3ccccc3)C2)cc1. The minimum absolute atomic E-state index is 0.111. The number of piperidine rings is 1. The van der Waals surface area contributed by atoms with E-state index in [0.717, 1.165) is 24.4 Å². The zero-order valence-corrected chi connectivity index (χ0v) is 18.3. The number of likely N-dealkylation sites (tertiary alicyclic amines) is 1. The van der Waals surface area contributed by atoms with Crippen LogP contribution in [0.2, 0.25) is 0 Å². The van der Waals surface area contributed by atoms with Gasteiger partial charge in [-0.2, -0.15) is 8.42 Å². The first-order valence-electron chi connectivity index (χ1n) is 10.4. The Morgan fingerprint density at radius 3 is 2.26 bits per heavy atom. The molecule has 31 heavy (non-hydrogen) atoms. The fraction of sp³-hybridized carbons (Fsp3) is 0.240. The van der Waals surface area contributed by atoms with Gasteiger partial charge in [0.25, 0.3) is 0 Å². The van der Waals surface area contributed by atoms with Crippen LogP contribution < -0.4 is 0 Å². The topological polar surface area (TPSA) is 59.0 Å². The average molecular weight is 435 g/mol. The highest BCUT2D eigenvalue weighted by Crippen LogP contribution is 2.31. The van der Waals surface area contributed by atoms with Crippen molar-refractivity contribution in [2.24, 2.45) is 5.16 Å². The minimum atomic E-state index is -3.92. The van der Waals surface area contributed by atoms with E-state index < -0.39 is 10.1 Å². The Morgan fingerprint density at radius 2 is 1.58 bits per heavy atom. The molecule has 1 heterocycles. The summed E-state index contributed by atoms with van der Waals surface area (Å²) < 4.78 is 30.1. The normalized spacial score (nSPS) is 18.7. The first-order valence-corrected chi connectivity index (χ1v) is 11.8. The van der Waals surface area contributed by atoms with E-state index in [1.807, 2.05) is 43.3 Å². The van der Waals surface area contributed by atoms with Gasteiger partial charge >= 0.3 is 10.1 Å². The zero-order chi connectivity index (χ0) is 21.7. The quantitative estimate of drug-likeness (QED) is 0.507. The maximum Gasteiger partial charge on any atom is 0.358 e. The highest BCUT2D eigenvalue weighted by molar-refractivity contribution is 7.86. The van der Waals surface area contributed by atoms with Crippen molar-refractivity contribution in [3.8, 4) is 0 Å². The molecule has 0 spiro atoms. The third kappa shape index (κ3) is 5.40. The molecule has 3 aromatic rings. The Bertz CT molecular complexity index is 1130. The van der Waals surface area contributed by atoms with Gasteiger partial charge in [0.05, 0.1) is 5.71 Å². The Hall–Kier alpha value is -2.96. The van der Waals surface area contributed by atoms with E-state index in [-0.39, 0.29) is 10.9 Å². The van der Waals surface area contributed by atoms with Crippen molar-refractivity contribution in [1.29, 1.82) is 0 Å². The summed E-state index contributed by atoms with van der Waals surface area (Å²) in [6.07, 6.45) is 1.29. The lowest BCUT2D eigenvalue weighted by Gasteiger charge is -2.36. The van der Waals surface area contributed by atoms with Crippen LogP contribution in [-0.4, -0.2) is 25.6 Å². The summed E-state index contributed by atoms with van der Waals surface area (Å²) in [6.45, 7) is 3.52. The Morgan fingerprint density at radius 1 is 0.935 bits per heavy atom. The molecular weight excluding hydrogens is 408 g/mol. The fourth-order valence-electron chi connectivity index (χ4n) is 3.83. The number of hydrogen-bond acceptors (Lipinski definition) is 5. The van der Waals surface area contributed by atoms with Crippen LogP contribution in [-0.2, 0) is 20.9 Å². The predicted octanol–water partition coefficient (Wildman–Crippen LogP) is 5.09. The molecule has 0 radical (unpaired) electrons. The Kier molecular flexibility index (Phi) is 6.49. The lowest BCUT2D eigenvalue weighted by molar-refractivity contribution is 0.180. The molecule has 0 bridgehead atoms. The van der Waals surface area contributed by atoms with E-state index in [2.05, 4.69) is 34.3 Å². The van der Waals surface area contributed by atoms with Gasteiger partial charge in [-0.05, 0) is 30.2 Å². The zero-order valence-electron chi connectivity index (χ0n) is 17.5. The fourth-order valence-corrected chi connectivity index (χ4v) is 4.59. The maximum absolute atomic E-state index is 12.5. The van der Waals surface area contributed by atoms with Crippen molar-refractivity contribution >= 4 is 15.8 Å². The first-order chi connectivity index (χ1) is 15.0. The van der Waals surface area contributed by atoms with Gasteiger partial charge in [-0.25, -0.2) is 0 Å². The standard InChI is InChI=1S/C25H26N2O3S/c1-20-12-14-24(15-13-20)31(28,29)30-26-23-16-17-27(19-21-8-4-2-5-9-21)25(18-23)22-10-6-3-7-11-22/h2-15,25H,16-19H2,1H3/b26-23-. The van der Waals surface area contributed by atoms with E-state index in [0.29, 0.717) is 12.8 Å². The molecule has 5 nitrogen and oxygen atoms in total. The molecule has 160 valence electrons. The van der Waals surface area contributed by atoms with E-state index in [9.17, 15) is 8.42 Å². The van der Waals surface area contributed by atoms with E-state index in [1.165, 1.54) is 11.1 Å². The highest BCUT2D eigenvalue weighted by Gasteiger charge is 2.28. The number of aryl methyl sites for hydroxylation is 1. The molecule has 1 aliphatic rings. The summed E-state index contributed by atoms with van der Waals surface area (Å²) in [5.74, 6) is 0. The smallest absolute Gasteiger partial charge is 0.291 e. The monoisotopic (exact) mass is 434 g/mol. The number of rotatable bonds is 6. The highest BCUT2D eigenvalue weighted by atomic mass is 32.2. The number of hydrogen-bond donors (Lipinski definition) is 0. The van der Waals surface area contributed by atoms with E-state index >= 15 is 0 Å². The van der Waals surface area contributed by atoms with Crippen molar-refractivity contribution in [3.05, 3.63) is 102 Å². The van der Waals surface area contributed by atoms with Crippen LogP contribution in [0.4, 0.5) is 0 Å². The van der Waals surface area contributed by atoms with Crippen LogP contribution in [0.15, 0.2) is 95.0 Å². The van der Waals surface area contributed by atoms with E-state index in [4.69, 9.17) is 4.28 Å². The van der Waals surface area contributed by atoms with Crippen LogP contribution >= 0.6 is 0 Å².